The number of anilines is 2. The quantitative estimate of drug-likeness (QED) is 0.590. The molecule has 2 aromatic carbocycles. The molecule has 1 N–H and O–H groups in total. The summed E-state index contributed by atoms with van der Waals surface area (Å²) in [6.07, 6.45) is 3.06. The molecule has 1 atom stereocenters. The molecule has 32 heavy (non-hydrogen) atoms. The van der Waals surface area contributed by atoms with Crippen molar-refractivity contribution >= 4 is 17.4 Å². The zero-order chi connectivity index (χ0) is 22.3. The Morgan fingerprint density at radius 1 is 0.906 bits per heavy atom. The number of hydrogen-bond donors (Lipinski definition) is 1. The van der Waals surface area contributed by atoms with Crippen molar-refractivity contribution in [2.75, 3.05) is 30.4 Å². The lowest BCUT2D eigenvalue weighted by molar-refractivity contribution is -0.122. The van der Waals surface area contributed by atoms with Crippen LogP contribution in [0.5, 0.6) is 11.5 Å². The first kappa shape index (κ1) is 21.6. The Bertz CT molecular complexity index is 1010. The molecule has 1 amide bonds. The second kappa shape index (κ2) is 10.1. The summed E-state index contributed by atoms with van der Waals surface area (Å²) in [6, 6.07) is 18.7. The summed E-state index contributed by atoms with van der Waals surface area (Å²) in [5.74, 6) is 2.05. The van der Waals surface area contributed by atoms with E-state index in [-0.39, 0.29) is 5.91 Å². The highest BCUT2D eigenvalue weighted by Gasteiger charge is 2.16. The average molecular weight is 433 g/mol. The molecule has 0 saturated carbocycles. The first-order chi connectivity index (χ1) is 15.6. The fraction of sp³-hybridized carbons (Fsp3) is 0.320. The third-order valence-corrected chi connectivity index (χ3v) is 5.52. The average Bonchev–Trinajstić information content (AvgIpc) is 2.85. The summed E-state index contributed by atoms with van der Waals surface area (Å²) in [4.78, 5) is 14.8. The fourth-order valence-corrected chi connectivity index (χ4v) is 3.65. The molecule has 0 bridgehead atoms. The normalized spacial score (nSPS) is 14.5. The van der Waals surface area contributed by atoms with E-state index in [4.69, 9.17) is 9.47 Å². The van der Waals surface area contributed by atoms with Crippen LogP contribution in [0.1, 0.15) is 26.2 Å². The number of aromatic nitrogens is 2. The third-order valence-electron chi connectivity index (χ3n) is 5.52. The molecular formula is C25H28N4O3. The summed E-state index contributed by atoms with van der Waals surface area (Å²) in [6.45, 7) is 3.81. The number of ether oxygens (including phenoxy) is 2. The number of hydrogen-bond acceptors (Lipinski definition) is 6. The van der Waals surface area contributed by atoms with E-state index in [0.717, 1.165) is 35.9 Å². The first-order valence-corrected chi connectivity index (χ1v) is 10.9. The number of amides is 1. The van der Waals surface area contributed by atoms with Gasteiger partial charge in [0.15, 0.2) is 11.9 Å². The Hall–Kier alpha value is -3.61. The maximum absolute atomic E-state index is 12.5. The molecule has 1 aromatic heterocycles. The Labute approximate surface area is 188 Å². The molecule has 0 spiro atoms. The summed E-state index contributed by atoms with van der Waals surface area (Å²) in [7, 11) is 1.61. The van der Waals surface area contributed by atoms with E-state index in [2.05, 4.69) is 20.4 Å². The van der Waals surface area contributed by atoms with Crippen molar-refractivity contribution in [3.63, 3.8) is 0 Å². The molecule has 1 aliphatic heterocycles. The second-order valence-corrected chi connectivity index (χ2v) is 7.83. The van der Waals surface area contributed by atoms with Crippen LogP contribution in [0.4, 0.5) is 11.5 Å². The van der Waals surface area contributed by atoms with Gasteiger partial charge in [0.2, 0.25) is 0 Å². The summed E-state index contributed by atoms with van der Waals surface area (Å²) < 4.78 is 10.8. The van der Waals surface area contributed by atoms with Gasteiger partial charge in [0.1, 0.15) is 11.5 Å². The molecule has 1 saturated heterocycles. The molecule has 1 unspecified atom stereocenters. The van der Waals surface area contributed by atoms with Crippen molar-refractivity contribution in [3.8, 4) is 22.8 Å². The monoisotopic (exact) mass is 432 g/mol. The molecule has 1 aliphatic rings. The van der Waals surface area contributed by atoms with Crippen molar-refractivity contribution in [3.05, 3.63) is 60.7 Å². The lowest BCUT2D eigenvalue weighted by atomic mass is 10.1. The van der Waals surface area contributed by atoms with Gasteiger partial charge >= 0.3 is 0 Å². The predicted octanol–water partition coefficient (Wildman–Crippen LogP) is 4.55. The van der Waals surface area contributed by atoms with Gasteiger partial charge in [0.25, 0.3) is 5.91 Å². The smallest absolute Gasteiger partial charge is 0.265 e. The Kier molecular flexibility index (Phi) is 6.84. The molecule has 166 valence electrons. The minimum atomic E-state index is -0.642. The van der Waals surface area contributed by atoms with Crippen LogP contribution < -0.4 is 19.7 Å². The van der Waals surface area contributed by atoms with Gasteiger partial charge in [-0.1, -0.05) is 12.1 Å². The van der Waals surface area contributed by atoms with Crippen molar-refractivity contribution in [1.29, 1.82) is 0 Å². The van der Waals surface area contributed by atoms with Gasteiger partial charge in [-0.15, -0.1) is 10.2 Å². The summed E-state index contributed by atoms with van der Waals surface area (Å²) in [5, 5.41) is 11.7. The van der Waals surface area contributed by atoms with E-state index >= 15 is 0 Å². The number of benzene rings is 2. The lowest BCUT2D eigenvalue weighted by Crippen LogP contribution is -2.30. The number of nitrogens with one attached hydrogen (secondary N) is 1. The molecule has 7 heteroatoms. The van der Waals surface area contributed by atoms with Crippen molar-refractivity contribution in [2.24, 2.45) is 0 Å². The largest absolute Gasteiger partial charge is 0.497 e. The molecule has 0 aliphatic carbocycles. The number of piperidine rings is 1. The SMILES string of the molecule is COc1ccc(OC(C)C(=O)Nc2ccc(-c3ccc(N4CCCCC4)nn3)cc2)cc1. The van der Waals surface area contributed by atoms with E-state index in [1.807, 2.05) is 36.4 Å². The Morgan fingerprint density at radius 3 is 2.22 bits per heavy atom. The Morgan fingerprint density at radius 2 is 1.59 bits per heavy atom. The standard InChI is InChI=1S/C25H28N4O3/c1-18(32-22-12-10-21(31-2)11-13-22)25(30)26-20-8-6-19(7-9-20)23-14-15-24(28-27-23)29-16-4-3-5-17-29/h6-15,18H,3-5,16-17H2,1-2H3,(H,26,30). The number of nitrogens with zero attached hydrogens (tertiary/aromatic N) is 3. The van der Waals surface area contributed by atoms with Crippen LogP contribution in [0.15, 0.2) is 60.7 Å². The number of carbonyl (C=O) groups excluding carboxylic acids is 1. The van der Waals surface area contributed by atoms with Gasteiger partial charge in [-0.05, 0) is 74.7 Å². The highest BCUT2D eigenvalue weighted by molar-refractivity contribution is 5.94. The topological polar surface area (TPSA) is 76.6 Å². The first-order valence-electron chi connectivity index (χ1n) is 10.9. The number of rotatable bonds is 7. The van der Waals surface area contributed by atoms with Crippen molar-refractivity contribution < 1.29 is 14.3 Å². The van der Waals surface area contributed by atoms with Crippen LogP contribution in [0.3, 0.4) is 0 Å². The maximum Gasteiger partial charge on any atom is 0.265 e. The zero-order valence-electron chi connectivity index (χ0n) is 18.5. The Balaban J connectivity index is 1.34. The van der Waals surface area contributed by atoms with Gasteiger partial charge < -0.3 is 19.7 Å². The van der Waals surface area contributed by atoms with E-state index in [1.165, 1.54) is 19.3 Å². The maximum atomic E-state index is 12.5. The highest BCUT2D eigenvalue weighted by Crippen LogP contribution is 2.23. The van der Waals surface area contributed by atoms with Gasteiger partial charge in [0, 0.05) is 24.3 Å². The third kappa shape index (κ3) is 5.35. The van der Waals surface area contributed by atoms with Gasteiger partial charge in [-0.2, -0.15) is 0 Å². The molecular weight excluding hydrogens is 404 g/mol. The van der Waals surface area contributed by atoms with Crippen LogP contribution in [0.25, 0.3) is 11.3 Å². The molecule has 1 fully saturated rings. The van der Waals surface area contributed by atoms with Crippen LogP contribution in [0.2, 0.25) is 0 Å². The summed E-state index contributed by atoms with van der Waals surface area (Å²) >= 11 is 0. The lowest BCUT2D eigenvalue weighted by Gasteiger charge is -2.27. The highest BCUT2D eigenvalue weighted by atomic mass is 16.5. The molecule has 3 aromatic rings. The van der Waals surface area contributed by atoms with Gasteiger partial charge in [0.05, 0.1) is 12.8 Å². The number of methoxy groups -OCH3 is 1. The predicted molar refractivity (Wildman–Crippen MR) is 125 cm³/mol. The zero-order valence-corrected chi connectivity index (χ0v) is 18.5. The van der Waals surface area contributed by atoms with Crippen molar-refractivity contribution in [2.45, 2.75) is 32.3 Å². The van der Waals surface area contributed by atoms with Crippen LogP contribution in [0, 0.1) is 0 Å². The van der Waals surface area contributed by atoms with Crippen molar-refractivity contribution in [1.82, 2.24) is 10.2 Å². The van der Waals surface area contributed by atoms with Crippen LogP contribution in [-0.4, -0.2) is 42.4 Å². The number of carbonyl (C=O) groups is 1. The molecule has 7 nitrogen and oxygen atoms in total. The van der Waals surface area contributed by atoms with Gasteiger partial charge in [-0.3, -0.25) is 4.79 Å². The molecule has 0 radical (unpaired) electrons. The van der Waals surface area contributed by atoms with Crippen LogP contribution >= 0.6 is 0 Å². The van der Waals surface area contributed by atoms with E-state index < -0.39 is 6.10 Å². The minimum Gasteiger partial charge on any atom is -0.497 e. The second-order valence-electron chi connectivity index (χ2n) is 7.83. The minimum absolute atomic E-state index is 0.223. The van der Waals surface area contributed by atoms with E-state index in [9.17, 15) is 4.79 Å². The van der Waals surface area contributed by atoms with E-state index in [0.29, 0.717) is 11.4 Å². The van der Waals surface area contributed by atoms with Gasteiger partial charge in [-0.25, -0.2) is 0 Å². The fourth-order valence-electron chi connectivity index (χ4n) is 3.65. The van der Waals surface area contributed by atoms with Crippen LogP contribution in [-0.2, 0) is 4.79 Å². The molecule has 4 rings (SSSR count). The van der Waals surface area contributed by atoms with E-state index in [1.54, 1.807) is 38.3 Å². The molecule has 2 heterocycles. The summed E-state index contributed by atoms with van der Waals surface area (Å²) in [5.41, 5.74) is 2.45.